The van der Waals surface area contributed by atoms with E-state index in [-0.39, 0.29) is 11.9 Å². The second kappa shape index (κ2) is 10.8. The maximum atomic E-state index is 15.0. The lowest BCUT2D eigenvalue weighted by molar-refractivity contribution is 0.0139. The van der Waals surface area contributed by atoms with Gasteiger partial charge in [-0.2, -0.15) is 5.10 Å². The van der Waals surface area contributed by atoms with E-state index in [4.69, 9.17) is 4.74 Å². The number of aromatic nitrogens is 3. The lowest BCUT2D eigenvalue weighted by Gasteiger charge is -2.35. The molecular formula is C30H32FN5O2. The molecular weight excluding hydrogens is 481 g/mol. The molecule has 1 saturated heterocycles. The van der Waals surface area contributed by atoms with E-state index in [1.807, 2.05) is 69.3 Å². The van der Waals surface area contributed by atoms with Gasteiger partial charge < -0.3 is 9.64 Å². The minimum atomic E-state index is -0.522. The Hall–Kier alpha value is -4.04. The van der Waals surface area contributed by atoms with Crippen LogP contribution in [-0.2, 0) is 11.3 Å². The summed E-state index contributed by atoms with van der Waals surface area (Å²) in [5.41, 5.74) is 4.21. The number of piperazine rings is 1. The van der Waals surface area contributed by atoms with Crippen LogP contribution in [0.5, 0.6) is 0 Å². The highest BCUT2D eigenvalue weighted by molar-refractivity contribution is 5.69. The normalized spacial score (nSPS) is 14.5. The molecule has 1 amide bonds. The number of halogens is 1. The Balaban J connectivity index is 1.39. The minimum absolute atomic E-state index is 0.288. The van der Waals surface area contributed by atoms with Crippen LogP contribution in [0.1, 0.15) is 26.3 Å². The molecule has 0 saturated carbocycles. The first-order chi connectivity index (χ1) is 18.3. The third-order valence-electron chi connectivity index (χ3n) is 6.45. The third-order valence-corrected chi connectivity index (χ3v) is 6.45. The predicted molar refractivity (Wildman–Crippen MR) is 145 cm³/mol. The fraction of sp³-hybridized carbons (Fsp3) is 0.300. The van der Waals surface area contributed by atoms with Gasteiger partial charge in [-0.25, -0.2) is 13.9 Å². The Bertz CT molecular complexity index is 1390. The van der Waals surface area contributed by atoms with Crippen LogP contribution in [-0.4, -0.2) is 62.4 Å². The third kappa shape index (κ3) is 5.75. The number of hydrogen-bond donors (Lipinski definition) is 0. The highest BCUT2D eigenvalue weighted by Gasteiger charge is 2.27. The molecule has 4 aromatic rings. The van der Waals surface area contributed by atoms with Crippen molar-refractivity contribution < 1.29 is 13.9 Å². The van der Waals surface area contributed by atoms with Gasteiger partial charge in [0.1, 0.15) is 11.4 Å². The monoisotopic (exact) mass is 513 g/mol. The minimum Gasteiger partial charge on any atom is -0.444 e. The summed E-state index contributed by atoms with van der Waals surface area (Å²) >= 11 is 0. The van der Waals surface area contributed by atoms with Crippen molar-refractivity contribution in [2.75, 3.05) is 26.2 Å². The van der Waals surface area contributed by atoms with Crippen LogP contribution in [0.4, 0.5) is 9.18 Å². The Labute approximate surface area is 222 Å². The quantitative estimate of drug-likeness (QED) is 0.338. The van der Waals surface area contributed by atoms with E-state index in [1.165, 1.54) is 6.07 Å². The zero-order valence-corrected chi connectivity index (χ0v) is 22.0. The molecule has 2 aromatic heterocycles. The summed E-state index contributed by atoms with van der Waals surface area (Å²) in [5, 5.41) is 4.65. The van der Waals surface area contributed by atoms with Crippen LogP contribution in [0.25, 0.3) is 28.2 Å². The molecule has 8 heteroatoms. The molecule has 0 spiro atoms. The highest BCUT2D eigenvalue weighted by Crippen LogP contribution is 2.30. The zero-order valence-electron chi connectivity index (χ0n) is 22.0. The molecule has 3 heterocycles. The molecule has 2 aromatic carbocycles. The van der Waals surface area contributed by atoms with Crippen molar-refractivity contribution in [3.05, 3.63) is 90.5 Å². The summed E-state index contributed by atoms with van der Waals surface area (Å²) in [6.45, 7) is 8.71. The number of nitrogens with zero attached hydrogens (tertiary/aromatic N) is 5. The molecule has 1 fully saturated rings. The summed E-state index contributed by atoms with van der Waals surface area (Å²) in [6, 6.07) is 20.6. The molecule has 0 N–H and O–H groups in total. The maximum absolute atomic E-state index is 15.0. The van der Waals surface area contributed by atoms with Crippen LogP contribution in [0, 0.1) is 5.82 Å². The molecule has 0 unspecified atom stereocenters. The molecule has 5 rings (SSSR count). The van der Waals surface area contributed by atoms with E-state index in [0.29, 0.717) is 44.0 Å². The van der Waals surface area contributed by atoms with Crippen LogP contribution in [0.2, 0.25) is 0 Å². The number of benzene rings is 2. The van der Waals surface area contributed by atoms with Gasteiger partial charge in [-0.05, 0) is 45.0 Å². The molecule has 7 nitrogen and oxygen atoms in total. The van der Waals surface area contributed by atoms with Crippen LogP contribution in [0.3, 0.4) is 0 Å². The largest absolute Gasteiger partial charge is 0.444 e. The summed E-state index contributed by atoms with van der Waals surface area (Å²) < 4.78 is 22.3. The van der Waals surface area contributed by atoms with Crippen molar-refractivity contribution in [3.63, 3.8) is 0 Å². The van der Waals surface area contributed by atoms with Crippen molar-refractivity contribution in [2.45, 2.75) is 32.9 Å². The average Bonchev–Trinajstić information content (AvgIpc) is 3.32. The van der Waals surface area contributed by atoms with E-state index in [2.05, 4.69) is 15.0 Å². The summed E-state index contributed by atoms with van der Waals surface area (Å²) in [4.78, 5) is 21.1. The van der Waals surface area contributed by atoms with Crippen molar-refractivity contribution in [1.29, 1.82) is 0 Å². The van der Waals surface area contributed by atoms with Gasteiger partial charge in [-0.15, -0.1) is 0 Å². The smallest absolute Gasteiger partial charge is 0.410 e. The number of rotatable bonds is 5. The first kappa shape index (κ1) is 25.6. The topological polar surface area (TPSA) is 63.5 Å². The fourth-order valence-electron chi connectivity index (χ4n) is 4.58. The number of ether oxygens (including phenoxy) is 1. The number of pyridine rings is 1. The van der Waals surface area contributed by atoms with Crippen molar-refractivity contribution in [2.24, 2.45) is 0 Å². The number of carbonyl (C=O) groups excluding carboxylic acids is 1. The highest BCUT2D eigenvalue weighted by atomic mass is 19.1. The molecule has 0 radical (unpaired) electrons. The first-order valence-electron chi connectivity index (χ1n) is 12.8. The lowest BCUT2D eigenvalue weighted by atomic mass is 10.1. The molecule has 38 heavy (non-hydrogen) atoms. The molecule has 1 aliphatic rings. The molecule has 0 aliphatic carbocycles. The van der Waals surface area contributed by atoms with Crippen molar-refractivity contribution in [3.8, 4) is 28.2 Å². The Morgan fingerprint density at radius 2 is 1.63 bits per heavy atom. The Morgan fingerprint density at radius 3 is 2.29 bits per heavy atom. The second-order valence-electron chi connectivity index (χ2n) is 10.4. The number of carbonyl (C=O) groups is 1. The Morgan fingerprint density at radius 1 is 0.921 bits per heavy atom. The predicted octanol–water partition coefficient (Wildman–Crippen LogP) is 5.79. The molecule has 0 atom stereocenters. The van der Waals surface area contributed by atoms with Crippen LogP contribution < -0.4 is 0 Å². The number of amides is 1. The van der Waals surface area contributed by atoms with Gasteiger partial charge in [-0.3, -0.25) is 9.88 Å². The standard InChI is InChI=1S/C30H32FN5O2/c1-30(2,3)38-29(37)35-17-15-34(16-18-35)21-23-19-33-36(28(23)25-11-7-8-12-26(25)31)24-13-14-27(32-20-24)22-9-5-4-6-10-22/h4-14,19-20H,15-18,21H2,1-3H3. The van der Waals surface area contributed by atoms with Gasteiger partial charge >= 0.3 is 6.09 Å². The van der Waals surface area contributed by atoms with E-state index in [1.54, 1.807) is 34.1 Å². The van der Waals surface area contributed by atoms with E-state index in [0.717, 1.165) is 22.5 Å². The van der Waals surface area contributed by atoms with Gasteiger partial charge in [0.05, 0.1) is 29.5 Å². The first-order valence-corrected chi connectivity index (χ1v) is 12.8. The fourth-order valence-corrected chi connectivity index (χ4v) is 4.58. The van der Waals surface area contributed by atoms with Gasteiger partial charge in [0.2, 0.25) is 0 Å². The van der Waals surface area contributed by atoms with E-state index >= 15 is 4.39 Å². The van der Waals surface area contributed by atoms with Crippen molar-refractivity contribution in [1.82, 2.24) is 24.6 Å². The van der Waals surface area contributed by atoms with E-state index < -0.39 is 5.60 Å². The van der Waals surface area contributed by atoms with Crippen molar-refractivity contribution >= 4 is 6.09 Å². The van der Waals surface area contributed by atoms with Crippen LogP contribution in [0.15, 0.2) is 79.1 Å². The maximum Gasteiger partial charge on any atom is 0.410 e. The van der Waals surface area contributed by atoms with Gasteiger partial charge in [0, 0.05) is 49.4 Å². The van der Waals surface area contributed by atoms with Gasteiger partial charge in [0.15, 0.2) is 0 Å². The Kier molecular flexibility index (Phi) is 7.24. The molecule has 0 bridgehead atoms. The van der Waals surface area contributed by atoms with Gasteiger partial charge in [0.25, 0.3) is 0 Å². The molecule has 196 valence electrons. The second-order valence-corrected chi connectivity index (χ2v) is 10.4. The SMILES string of the molecule is CC(C)(C)OC(=O)N1CCN(Cc2cnn(-c3ccc(-c4ccccc4)nc3)c2-c2ccccc2F)CC1. The van der Waals surface area contributed by atoms with E-state index in [9.17, 15) is 4.79 Å². The summed E-state index contributed by atoms with van der Waals surface area (Å²) in [7, 11) is 0. The van der Waals surface area contributed by atoms with Crippen LogP contribution >= 0.6 is 0 Å². The summed E-state index contributed by atoms with van der Waals surface area (Å²) in [6.07, 6.45) is 3.28. The zero-order chi connectivity index (χ0) is 26.7. The lowest BCUT2D eigenvalue weighted by Crippen LogP contribution is -2.49. The summed E-state index contributed by atoms with van der Waals surface area (Å²) in [5.74, 6) is -0.306. The molecule has 1 aliphatic heterocycles. The average molecular weight is 514 g/mol. The van der Waals surface area contributed by atoms with Gasteiger partial charge in [-0.1, -0.05) is 42.5 Å². The number of hydrogen-bond acceptors (Lipinski definition) is 5.